The molecule has 1 amide bonds. The van der Waals surface area contributed by atoms with E-state index in [1.807, 2.05) is 36.1 Å². The van der Waals surface area contributed by atoms with Crippen molar-refractivity contribution in [2.75, 3.05) is 26.3 Å². The lowest BCUT2D eigenvalue weighted by molar-refractivity contribution is -0.135. The number of hydrogen-bond donors (Lipinski definition) is 1. The fourth-order valence-corrected chi connectivity index (χ4v) is 2.65. The zero-order valence-electron chi connectivity index (χ0n) is 12.0. The Kier molecular flexibility index (Phi) is 5.41. The van der Waals surface area contributed by atoms with Gasteiger partial charge in [0.05, 0.1) is 0 Å². The first kappa shape index (κ1) is 14.9. The molecule has 1 aromatic carbocycles. The van der Waals surface area contributed by atoms with Crippen LogP contribution >= 0.6 is 0 Å². The van der Waals surface area contributed by atoms with Crippen LogP contribution < -0.4 is 4.74 Å². The van der Waals surface area contributed by atoms with E-state index in [4.69, 9.17) is 9.84 Å². The van der Waals surface area contributed by atoms with Crippen molar-refractivity contribution in [2.45, 2.75) is 26.2 Å². The zero-order valence-corrected chi connectivity index (χ0v) is 12.0. The Bertz CT molecular complexity index is 445. The third-order valence-electron chi connectivity index (χ3n) is 3.76. The van der Waals surface area contributed by atoms with E-state index in [9.17, 15) is 4.79 Å². The summed E-state index contributed by atoms with van der Waals surface area (Å²) >= 11 is 0. The summed E-state index contributed by atoms with van der Waals surface area (Å²) in [6.07, 6.45) is 2.90. The van der Waals surface area contributed by atoms with Gasteiger partial charge in [-0.25, -0.2) is 0 Å². The first-order valence-corrected chi connectivity index (χ1v) is 7.27. The number of benzene rings is 1. The highest BCUT2D eigenvalue weighted by molar-refractivity contribution is 5.77. The molecule has 4 nitrogen and oxygen atoms in total. The second kappa shape index (κ2) is 7.29. The summed E-state index contributed by atoms with van der Waals surface area (Å²) in [7, 11) is 0. The number of aryl methyl sites for hydroxylation is 1. The molecule has 0 aromatic heterocycles. The van der Waals surface area contributed by atoms with E-state index in [0.717, 1.165) is 43.7 Å². The van der Waals surface area contributed by atoms with Crippen molar-refractivity contribution in [3.8, 4) is 5.75 Å². The summed E-state index contributed by atoms with van der Waals surface area (Å²) in [6, 6.07) is 7.72. The normalized spacial score (nSPS) is 18.9. The highest BCUT2D eigenvalue weighted by atomic mass is 16.5. The van der Waals surface area contributed by atoms with E-state index in [1.165, 1.54) is 0 Å². The first-order valence-electron chi connectivity index (χ1n) is 7.27. The molecule has 4 heteroatoms. The van der Waals surface area contributed by atoms with Crippen LogP contribution in [0.1, 0.15) is 24.8 Å². The molecule has 1 saturated heterocycles. The molecule has 1 aliphatic rings. The number of amides is 1. The molecule has 110 valence electrons. The quantitative estimate of drug-likeness (QED) is 0.895. The van der Waals surface area contributed by atoms with E-state index in [1.54, 1.807) is 0 Å². The van der Waals surface area contributed by atoms with Crippen LogP contribution in [0.3, 0.4) is 0 Å². The minimum Gasteiger partial charge on any atom is -0.484 e. The van der Waals surface area contributed by atoms with Gasteiger partial charge in [-0.15, -0.1) is 0 Å². The average molecular weight is 277 g/mol. The lowest BCUT2D eigenvalue weighted by Gasteiger charge is -2.32. The van der Waals surface area contributed by atoms with Crippen molar-refractivity contribution in [3.63, 3.8) is 0 Å². The Hall–Kier alpha value is -1.55. The van der Waals surface area contributed by atoms with Gasteiger partial charge < -0.3 is 14.7 Å². The summed E-state index contributed by atoms with van der Waals surface area (Å²) in [6.45, 7) is 3.84. The standard InChI is InChI=1S/C16H23NO3/c1-13-4-2-6-15(10-13)20-12-16(19)17-8-3-5-14(11-17)7-9-18/h2,4,6,10,14,18H,3,5,7-9,11-12H2,1H3. The number of carbonyl (C=O) groups is 1. The molecule has 1 aliphatic heterocycles. The van der Waals surface area contributed by atoms with Crippen molar-refractivity contribution < 1.29 is 14.6 Å². The van der Waals surface area contributed by atoms with Gasteiger partial charge in [0.25, 0.3) is 5.91 Å². The summed E-state index contributed by atoms with van der Waals surface area (Å²) in [4.78, 5) is 14.0. The van der Waals surface area contributed by atoms with Crippen LogP contribution in [0.4, 0.5) is 0 Å². The van der Waals surface area contributed by atoms with Crippen LogP contribution in [0.15, 0.2) is 24.3 Å². The summed E-state index contributed by atoms with van der Waals surface area (Å²) in [5.41, 5.74) is 1.12. The zero-order chi connectivity index (χ0) is 14.4. The lowest BCUT2D eigenvalue weighted by atomic mass is 9.95. The topological polar surface area (TPSA) is 49.8 Å². The molecule has 2 rings (SSSR count). The van der Waals surface area contributed by atoms with Gasteiger partial charge in [0.1, 0.15) is 5.75 Å². The highest BCUT2D eigenvalue weighted by Gasteiger charge is 2.23. The third-order valence-corrected chi connectivity index (χ3v) is 3.76. The van der Waals surface area contributed by atoms with Crippen LogP contribution in [-0.4, -0.2) is 42.2 Å². The van der Waals surface area contributed by atoms with Crippen molar-refractivity contribution in [1.29, 1.82) is 0 Å². The van der Waals surface area contributed by atoms with Gasteiger partial charge in [0.2, 0.25) is 0 Å². The van der Waals surface area contributed by atoms with Crippen LogP contribution in [0.2, 0.25) is 0 Å². The first-order chi connectivity index (χ1) is 9.69. The lowest BCUT2D eigenvalue weighted by Crippen LogP contribution is -2.42. The van der Waals surface area contributed by atoms with Crippen molar-refractivity contribution >= 4 is 5.91 Å². The number of carbonyl (C=O) groups excluding carboxylic acids is 1. The average Bonchev–Trinajstić information content (AvgIpc) is 2.45. The number of likely N-dealkylation sites (tertiary alicyclic amines) is 1. The number of ether oxygens (including phenoxy) is 1. The van der Waals surface area contributed by atoms with Crippen LogP contribution in [0.5, 0.6) is 5.75 Å². The van der Waals surface area contributed by atoms with Crippen LogP contribution in [0.25, 0.3) is 0 Å². The van der Waals surface area contributed by atoms with Gasteiger partial charge in [-0.3, -0.25) is 4.79 Å². The Morgan fingerprint density at radius 3 is 3.10 bits per heavy atom. The van der Waals surface area contributed by atoms with Gasteiger partial charge >= 0.3 is 0 Å². The molecule has 1 fully saturated rings. The maximum absolute atomic E-state index is 12.1. The predicted molar refractivity (Wildman–Crippen MR) is 77.7 cm³/mol. The Morgan fingerprint density at radius 1 is 1.50 bits per heavy atom. The maximum atomic E-state index is 12.1. The molecule has 0 radical (unpaired) electrons. The number of nitrogens with zero attached hydrogens (tertiary/aromatic N) is 1. The summed E-state index contributed by atoms with van der Waals surface area (Å²) in [5, 5.41) is 8.99. The fourth-order valence-electron chi connectivity index (χ4n) is 2.65. The second-order valence-corrected chi connectivity index (χ2v) is 5.47. The molecule has 0 saturated carbocycles. The minimum atomic E-state index is 0.0362. The molecule has 1 N–H and O–H groups in total. The summed E-state index contributed by atoms with van der Waals surface area (Å²) in [5.74, 6) is 1.20. The third kappa shape index (κ3) is 4.23. The smallest absolute Gasteiger partial charge is 0.260 e. The Labute approximate surface area is 120 Å². The number of aliphatic hydroxyl groups is 1. The molecule has 20 heavy (non-hydrogen) atoms. The van der Waals surface area contributed by atoms with E-state index in [-0.39, 0.29) is 19.1 Å². The maximum Gasteiger partial charge on any atom is 0.260 e. The summed E-state index contributed by atoms with van der Waals surface area (Å²) < 4.78 is 5.56. The van der Waals surface area contributed by atoms with E-state index in [2.05, 4.69) is 0 Å². The number of aliphatic hydroxyl groups excluding tert-OH is 1. The molecular weight excluding hydrogens is 254 g/mol. The Balaban J connectivity index is 1.82. The van der Waals surface area contributed by atoms with Crippen LogP contribution in [-0.2, 0) is 4.79 Å². The molecule has 0 bridgehead atoms. The van der Waals surface area contributed by atoms with E-state index in [0.29, 0.717) is 5.92 Å². The number of rotatable bonds is 5. The monoisotopic (exact) mass is 277 g/mol. The van der Waals surface area contributed by atoms with Gasteiger partial charge in [0.15, 0.2) is 6.61 Å². The van der Waals surface area contributed by atoms with Crippen molar-refractivity contribution in [2.24, 2.45) is 5.92 Å². The predicted octanol–water partition coefficient (Wildman–Crippen LogP) is 1.99. The molecule has 1 heterocycles. The van der Waals surface area contributed by atoms with E-state index < -0.39 is 0 Å². The Morgan fingerprint density at radius 2 is 2.35 bits per heavy atom. The SMILES string of the molecule is Cc1cccc(OCC(=O)N2CCCC(CCO)C2)c1. The van der Waals surface area contributed by atoms with Gasteiger partial charge in [-0.2, -0.15) is 0 Å². The molecule has 0 aliphatic carbocycles. The largest absolute Gasteiger partial charge is 0.484 e. The molecule has 1 aromatic rings. The molecular formula is C16H23NO3. The molecule has 0 spiro atoms. The fraction of sp³-hybridized carbons (Fsp3) is 0.562. The molecule has 1 atom stereocenters. The van der Waals surface area contributed by atoms with Gasteiger partial charge in [0, 0.05) is 19.7 Å². The van der Waals surface area contributed by atoms with Crippen molar-refractivity contribution in [1.82, 2.24) is 4.90 Å². The van der Waals surface area contributed by atoms with Gasteiger partial charge in [-0.1, -0.05) is 12.1 Å². The van der Waals surface area contributed by atoms with Crippen molar-refractivity contribution in [3.05, 3.63) is 29.8 Å². The highest BCUT2D eigenvalue weighted by Crippen LogP contribution is 2.19. The second-order valence-electron chi connectivity index (χ2n) is 5.47. The number of piperidine rings is 1. The minimum absolute atomic E-state index is 0.0362. The number of hydrogen-bond acceptors (Lipinski definition) is 3. The molecule has 1 unspecified atom stereocenters. The van der Waals surface area contributed by atoms with Crippen LogP contribution in [0, 0.1) is 12.8 Å². The van der Waals surface area contributed by atoms with E-state index >= 15 is 0 Å². The van der Waals surface area contributed by atoms with Gasteiger partial charge in [-0.05, 0) is 49.8 Å².